The minimum atomic E-state index is 0.514. The van der Waals surface area contributed by atoms with Crippen molar-refractivity contribution in [2.75, 3.05) is 0 Å². The van der Waals surface area contributed by atoms with E-state index in [-0.39, 0.29) is 0 Å². The van der Waals surface area contributed by atoms with Gasteiger partial charge in [-0.3, -0.25) is 0 Å². The Bertz CT molecular complexity index is 527. The van der Waals surface area contributed by atoms with Crippen molar-refractivity contribution in [1.29, 1.82) is 0 Å². The highest BCUT2D eigenvalue weighted by atomic mass is 14.2. The van der Waals surface area contributed by atoms with Gasteiger partial charge in [0.1, 0.15) is 0 Å². The molecule has 0 unspecified atom stereocenters. The molecular formula is C19H24. The average Bonchev–Trinajstić information content (AvgIpc) is 2.40. The SMILES string of the molecule is CCC(c1cccc(C)c1C)c1cccc(C)c1C. The second kappa shape index (κ2) is 5.61. The molecule has 0 aliphatic heterocycles. The Morgan fingerprint density at radius 3 is 1.53 bits per heavy atom. The van der Waals surface area contributed by atoms with Gasteiger partial charge in [-0.2, -0.15) is 0 Å². The largest absolute Gasteiger partial charge is 0.0645 e. The van der Waals surface area contributed by atoms with E-state index in [9.17, 15) is 0 Å². The van der Waals surface area contributed by atoms with Crippen molar-refractivity contribution in [2.45, 2.75) is 47.0 Å². The molecule has 0 amide bonds. The molecule has 0 aliphatic rings. The number of hydrogen-bond acceptors (Lipinski definition) is 0. The van der Waals surface area contributed by atoms with Crippen LogP contribution in [0.1, 0.15) is 52.6 Å². The monoisotopic (exact) mass is 252 g/mol. The summed E-state index contributed by atoms with van der Waals surface area (Å²) in [4.78, 5) is 0. The summed E-state index contributed by atoms with van der Waals surface area (Å²) in [5, 5.41) is 0. The van der Waals surface area contributed by atoms with Gasteiger partial charge < -0.3 is 0 Å². The second-order valence-electron chi connectivity index (χ2n) is 5.54. The van der Waals surface area contributed by atoms with Crippen LogP contribution in [0.3, 0.4) is 0 Å². The molecule has 100 valence electrons. The van der Waals surface area contributed by atoms with Crippen molar-refractivity contribution in [3.63, 3.8) is 0 Å². The Hall–Kier alpha value is -1.56. The van der Waals surface area contributed by atoms with Crippen molar-refractivity contribution in [3.05, 3.63) is 69.8 Å². The first kappa shape index (κ1) is 13.9. The average molecular weight is 252 g/mol. The molecule has 0 fully saturated rings. The summed E-state index contributed by atoms with van der Waals surface area (Å²) in [5.41, 5.74) is 8.63. The smallest absolute Gasteiger partial charge is 0.00921 e. The number of rotatable bonds is 3. The highest BCUT2D eigenvalue weighted by Crippen LogP contribution is 2.33. The lowest BCUT2D eigenvalue weighted by Gasteiger charge is -2.22. The van der Waals surface area contributed by atoms with Crippen molar-refractivity contribution < 1.29 is 0 Å². The van der Waals surface area contributed by atoms with Gasteiger partial charge in [0, 0.05) is 5.92 Å². The van der Waals surface area contributed by atoms with Crippen molar-refractivity contribution in [1.82, 2.24) is 0 Å². The van der Waals surface area contributed by atoms with E-state index in [1.165, 1.54) is 33.4 Å². The van der Waals surface area contributed by atoms with E-state index in [0.29, 0.717) is 5.92 Å². The van der Waals surface area contributed by atoms with Crippen molar-refractivity contribution >= 4 is 0 Å². The summed E-state index contributed by atoms with van der Waals surface area (Å²) in [7, 11) is 0. The molecule has 0 bridgehead atoms. The van der Waals surface area contributed by atoms with Gasteiger partial charge in [-0.25, -0.2) is 0 Å². The summed E-state index contributed by atoms with van der Waals surface area (Å²) in [6.45, 7) is 11.2. The van der Waals surface area contributed by atoms with E-state index in [2.05, 4.69) is 71.0 Å². The highest BCUT2D eigenvalue weighted by Gasteiger charge is 2.17. The number of aryl methyl sites for hydroxylation is 2. The first-order chi connectivity index (χ1) is 9.06. The molecule has 0 aromatic heterocycles. The van der Waals surface area contributed by atoms with E-state index in [1.54, 1.807) is 0 Å². The molecule has 0 N–H and O–H groups in total. The van der Waals surface area contributed by atoms with Crippen LogP contribution < -0.4 is 0 Å². The van der Waals surface area contributed by atoms with Crippen LogP contribution in [0, 0.1) is 27.7 Å². The third kappa shape index (κ3) is 2.58. The van der Waals surface area contributed by atoms with Crippen LogP contribution in [-0.4, -0.2) is 0 Å². The predicted molar refractivity (Wildman–Crippen MR) is 84.0 cm³/mol. The molecule has 0 atom stereocenters. The summed E-state index contributed by atoms with van der Waals surface area (Å²) < 4.78 is 0. The molecule has 0 saturated heterocycles. The first-order valence-electron chi connectivity index (χ1n) is 7.18. The molecule has 2 aromatic carbocycles. The van der Waals surface area contributed by atoms with Gasteiger partial charge in [-0.05, 0) is 67.5 Å². The fraction of sp³-hybridized carbons (Fsp3) is 0.368. The number of hydrogen-bond donors (Lipinski definition) is 0. The molecule has 0 nitrogen and oxygen atoms in total. The molecule has 2 rings (SSSR count). The standard InChI is InChI=1S/C19H24/c1-6-17(18-11-7-9-13(2)15(18)4)19-12-8-10-14(3)16(19)5/h7-12,17H,6H2,1-5H3. The van der Waals surface area contributed by atoms with E-state index in [1.807, 2.05) is 0 Å². The summed E-state index contributed by atoms with van der Waals surface area (Å²) in [6, 6.07) is 13.4. The summed E-state index contributed by atoms with van der Waals surface area (Å²) >= 11 is 0. The van der Waals surface area contributed by atoms with Crippen LogP contribution in [0.4, 0.5) is 0 Å². The van der Waals surface area contributed by atoms with Gasteiger partial charge in [-0.15, -0.1) is 0 Å². The van der Waals surface area contributed by atoms with Crippen LogP contribution in [0.5, 0.6) is 0 Å². The molecule has 2 aromatic rings. The minimum Gasteiger partial charge on any atom is -0.0645 e. The van der Waals surface area contributed by atoms with E-state index < -0.39 is 0 Å². The Kier molecular flexibility index (Phi) is 4.09. The van der Waals surface area contributed by atoms with E-state index in [0.717, 1.165) is 6.42 Å². The zero-order chi connectivity index (χ0) is 14.0. The fourth-order valence-electron chi connectivity index (χ4n) is 2.91. The fourth-order valence-corrected chi connectivity index (χ4v) is 2.91. The van der Waals surface area contributed by atoms with Crippen molar-refractivity contribution in [3.8, 4) is 0 Å². The van der Waals surface area contributed by atoms with Crippen LogP contribution >= 0.6 is 0 Å². The predicted octanol–water partition coefficient (Wildman–Crippen LogP) is 5.46. The normalized spacial score (nSPS) is 11.1. The maximum absolute atomic E-state index is 2.29. The molecular weight excluding hydrogens is 228 g/mol. The lowest BCUT2D eigenvalue weighted by Crippen LogP contribution is -2.05. The maximum atomic E-state index is 2.29. The van der Waals surface area contributed by atoms with Gasteiger partial charge in [-0.1, -0.05) is 43.3 Å². The Morgan fingerprint density at radius 1 is 0.737 bits per heavy atom. The molecule has 0 heteroatoms. The molecule has 19 heavy (non-hydrogen) atoms. The zero-order valence-corrected chi connectivity index (χ0v) is 12.7. The lowest BCUT2D eigenvalue weighted by molar-refractivity contribution is 0.763. The van der Waals surface area contributed by atoms with Gasteiger partial charge in [0.05, 0.1) is 0 Å². The highest BCUT2D eigenvalue weighted by molar-refractivity contribution is 5.45. The summed E-state index contributed by atoms with van der Waals surface area (Å²) in [6.07, 6.45) is 1.15. The van der Waals surface area contributed by atoms with Crippen LogP contribution in [-0.2, 0) is 0 Å². The Labute approximate surface area is 117 Å². The van der Waals surface area contributed by atoms with Gasteiger partial charge in [0.2, 0.25) is 0 Å². The van der Waals surface area contributed by atoms with Gasteiger partial charge in [0.25, 0.3) is 0 Å². The van der Waals surface area contributed by atoms with Crippen LogP contribution in [0.25, 0.3) is 0 Å². The first-order valence-corrected chi connectivity index (χ1v) is 7.18. The third-order valence-corrected chi connectivity index (χ3v) is 4.45. The zero-order valence-electron chi connectivity index (χ0n) is 12.7. The second-order valence-corrected chi connectivity index (χ2v) is 5.54. The van der Waals surface area contributed by atoms with Crippen LogP contribution in [0.15, 0.2) is 36.4 Å². The topological polar surface area (TPSA) is 0 Å². The van der Waals surface area contributed by atoms with Crippen molar-refractivity contribution in [2.24, 2.45) is 0 Å². The maximum Gasteiger partial charge on any atom is 0.00921 e. The quantitative estimate of drug-likeness (QED) is 0.680. The molecule has 0 heterocycles. The Morgan fingerprint density at radius 2 is 1.16 bits per heavy atom. The molecule has 0 saturated carbocycles. The lowest BCUT2D eigenvalue weighted by atomic mass is 9.82. The summed E-state index contributed by atoms with van der Waals surface area (Å²) in [5.74, 6) is 0.514. The number of benzene rings is 2. The van der Waals surface area contributed by atoms with E-state index in [4.69, 9.17) is 0 Å². The molecule has 0 aliphatic carbocycles. The Balaban J connectivity index is 2.57. The minimum absolute atomic E-state index is 0.514. The third-order valence-electron chi connectivity index (χ3n) is 4.45. The van der Waals surface area contributed by atoms with E-state index >= 15 is 0 Å². The molecule has 0 radical (unpaired) electrons. The van der Waals surface area contributed by atoms with Crippen LogP contribution in [0.2, 0.25) is 0 Å². The van der Waals surface area contributed by atoms with Gasteiger partial charge in [0.15, 0.2) is 0 Å². The molecule has 0 spiro atoms. The van der Waals surface area contributed by atoms with Gasteiger partial charge >= 0.3 is 0 Å².